The van der Waals surface area contributed by atoms with E-state index in [1.165, 1.54) is 11.3 Å². The number of rotatable bonds is 4. The highest BCUT2D eigenvalue weighted by Gasteiger charge is 2.05. The number of hydrogen-bond acceptors (Lipinski definition) is 3. The Morgan fingerprint density at radius 3 is 2.61 bits per heavy atom. The van der Waals surface area contributed by atoms with E-state index in [9.17, 15) is 4.79 Å². The lowest BCUT2D eigenvalue weighted by Crippen LogP contribution is -2.12. The predicted octanol–water partition coefficient (Wildman–Crippen LogP) is 4.02. The van der Waals surface area contributed by atoms with Gasteiger partial charge in [0.15, 0.2) is 0 Å². The molecule has 0 spiro atoms. The third-order valence-electron chi connectivity index (χ3n) is 2.24. The maximum atomic E-state index is 11.7. The first-order chi connectivity index (χ1) is 8.63. The van der Waals surface area contributed by atoms with Crippen LogP contribution in [0.15, 0.2) is 29.1 Å². The molecule has 94 valence electrons. The van der Waals surface area contributed by atoms with Gasteiger partial charge in [-0.1, -0.05) is 23.2 Å². The molecule has 18 heavy (non-hydrogen) atoms. The molecule has 0 fully saturated rings. The van der Waals surface area contributed by atoms with Crippen molar-refractivity contribution in [2.75, 3.05) is 5.32 Å². The number of aryl methyl sites for hydroxylation is 1. The van der Waals surface area contributed by atoms with Crippen molar-refractivity contribution < 1.29 is 4.79 Å². The summed E-state index contributed by atoms with van der Waals surface area (Å²) in [6.45, 7) is 0. The zero-order chi connectivity index (χ0) is 13.0. The average molecular weight is 301 g/mol. The fourth-order valence-corrected chi connectivity index (χ4v) is 2.57. The summed E-state index contributed by atoms with van der Waals surface area (Å²) in [5.41, 5.74) is 3.29. The Morgan fingerprint density at radius 2 is 2.00 bits per heavy atom. The van der Waals surface area contributed by atoms with Crippen molar-refractivity contribution in [2.24, 2.45) is 0 Å². The number of aromatic nitrogens is 1. The molecule has 3 nitrogen and oxygen atoms in total. The topological polar surface area (TPSA) is 42.0 Å². The van der Waals surface area contributed by atoms with E-state index in [1.54, 1.807) is 23.7 Å². The molecule has 0 saturated carbocycles. The van der Waals surface area contributed by atoms with Gasteiger partial charge in [0, 0.05) is 27.5 Å². The SMILES string of the molecule is O=C(CCc1cscn1)Nc1cc(Cl)cc(Cl)c1. The molecule has 0 aliphatic heterocycles. The zero-order valence-corrected chi connectivity index (χ0v) is 11.6. The van der Waals surface area contributed by atoms with Crippen LogP contribution in [0.2, 0.25) is 10.0 Å². The van der Waals surface area contributed by atoms with Gasteiger partial charge in [-0.15, -0.1) is 11.3 Å². The molecular weight excluding hydrogens is 291 g/mol. The summed E-state index contributed by atoms with van der Waals surface area (Å²) in [4.78, 5) is 15.8. The summed E-state index contributed by atoms with van der Waals surface area (Å²) in [7, 11) is 0. The van der Waals surface area contributed by atoms with E-state index in [4.69, 9.17) is 23.2 Å². The highest BCUT2D eigenvalue weighted by atomic mass is 35.5. The molecule has 1 amide bonds. The molecule has 1 aromatic heterocycles. The van der Waals surface area contributed by atoms with Gasteiger partial charge >= 0.3 is 0 Å². The lowest BCUT2D eigenvalue weighted by atomic mass is 10.2. The molecule has 1 aromatic carbocycles. The van der Waals surface area contributed by atoms with Gasteiger partial charge in [0.05, 0.1) is 11.2 Å². The molecule has 1 heterocycles. The number of benzene rings is 1. The van der Waals surface area contributed by atoms with Gasteiger partial charge in [0.2, 0.25) is 5.91 Å². The van der Waals surface area contributed by atoms with E-state index in [0.717, 1.165) is 5.69 Å². The molecule has 2 rings (SSSR count). The van der Waals surface area contributed by atoms with Gasteiger partial charge in [0.1, 0.15) is 0 Å². The minimum atomic E-state index is -0.0821. The van der Waals surface area contributed by atoms with Crippen LogP contribution >= 0.6 is 34.5 Å². The summed E-state index contributed by atoms with van der Waals surface area (Å²) >= 11 is 13.2. The van der Waals surface area contributed by atoms with Gasteiger partial charge in [-0.05, 0) is 24.6 Å². The van der Waals surface area contributed by atoms with E-state index in [0.29, 0.717) is 28.6 Å². The monoisotopic (exact) mass is 300 g/mol. The normalized spacial score (nSPS) is 10.3. The van der Waals surface area contributed by atoms with Gasteiger partial charge in [-0.3, -0.25) is 4.79 Å². The van der Waals surface area contributed by atoms with Crippen LogP contribution in [0, 0.1) is 0 Å². The van der Waals surface area contributed by atoms with E-state index < -0.39 is 0 Å². The number of carbonyl (C=O) groups excluding carboxylic acids is 1. The standard InChI is InChI=1S/C12H10Cl2N2OS/c13-8-3-9(14)5-11(4-8)16-12(17)2-1-10-6-18-7-15-10/h3-7H,1-2H2,(H,16,17). The maximum absolute atomic E-state index is 11.7. The van der Waals surface area contributed by atoms with Crippen molar-refractivity contribution in [1.82, 2.24) is 4.98 Å². The number of thiazole rings is 1. The molecule has 0 bridgehead atoms. The number of nitrogens with one attached hydrogen (secondary N) is 1. The van der Waals surface area contributed by atoms with E-state index in [-0.39, 0.29) is 5.91 Å². The number of hydrogen-bond donors (Lipinski definition) is 1. The molecule has 6 heteroatoms. The fraction of sp³-hybridized carbons (Fsp3) is 0.167. The van der Waals surface area contributed by atoms with Crippen LogP contribution in [0.1, 0.15) is 12.1 Å². The molecule has 0 aliphatic carbocycles. The summed E-state index contributed by atoms with van der Waals surface area (Å²) in [5, 5.41) is 5.68. The van der Waals surface area contributed by atoms with Crippen LogP contribution < -0.4 is 5.32 Å². The zero-order valence-electron chi connectivity index (χ0n) is 9.32. The molecular formula is C12H10Cl2N2OS. The van der Waals surface area contributed by atoms with Crippen molar-refractivity contribution in [3.8, 4) is 0 Å². The Morgan fingerprint density at radius 1 is 1.28 bits per heavy atom. The van der Waals surface area contributed by atoms with Crippen LogP contribution in [-0.2, 0) is 11.2 Å². The number of nitrogens with zero attached hydrogens (tertiary/aromatic N) is 1. The maximum Gasteiger partial charge on any atom is 0.224 e. The van der Waals surface area contributed by atoms with Crippen molar-refractivity contribution in [3.05, 3.63) is 44.8 Å². The third-order valence-corrected chi connectivity index (χ3v) is 3.31. The summed E-state index contributed by atoms with van der Waals surface area (Å²) in [6, 6.07) is 4.94. The Labute approximate surface area is 119 Å². The van der Waals surface area contributed by atoms with Crippen LogP contribution in [0.5, 0.6) is 0 Å². The Balaban J connectivity index is 1.90. The first kappa shape index (κ1) is 13.3. The van der Waals surface area contributed by atoms with Gasteiger partial charge < -0.3 is 5.32 Å². The smallest absolute Gasteiger partial charge is 0.224 e. The quantitative estimate of drug-likeness (QED) is 0.926. The number of halogens is 2. The lowest BCUT2D eigenvalue weighted by Gasteiger charge is -2.05. The third kappa shape index (κ3) is 3.98. The molecule has 0 atom stereocenters. The van der Waals surface area contributed by atoms with E-state index in [1.807, 2.05) is 5.38 Å². The first-order valence-electron chi connectivity index (χ1n) is 5.26. The predicted molar refractivity (Wildman–Crippen MR) is 75.5 cm³/mol. The summed E-state index contributed by atoms with van der Waals surface area (Å²) in [6.07, 6.45) is 1.01. The van der Waals surface area contributed by atoms with E-state index >= 15 is 0 Å². The number of amides is 1. The van der Waals surface area contributed by atoms with Crippen molar-refractivity contribution in [2.45, 2.75) is 12.8 Å². The molecule has 0 saturated heterocycles. The van der Waals surface area contributed by atoms with Crippen LogP contribution in [0.25, 0.3) is 0 Å². The highest BCUT2D eigenvalue weighted by molar-refractivity contribution is 7.07. The largest absolute Gasteiger partial charge is 0.326 e. The molecule has 1 N–H and O–H groups in total. The summed E-state index contributed by atoms with van der Waals surface area (Å²) in [5.74, 6) is -0.0821. The summed E-state index contributed by atoms with van der Waals surface area (Å²) < 4.78 is 0. The molecule has 0 unspecified atom stereocenters. The van der Waals surface area contributed by atoms with Crippen molar-refractivity contribution >= 4 is 46.1 Å². The Kier molecular flexibility index (Phi) is 4.58. The van der Waals surface area contributed by atoms with Gasteiger partial charge in [-0.25, -0.2) is 4.98 Å². The van der Waals surface area contributed by atoms with Gasteiger partial charge in [-0.2, -0.15) is 0 Å². The van der Waals surface area contributed by atoms with Gasteiger partial charge in [0.25, 0.3) is 0 Å². The Hall–Kier alpha value is -1.10. The Bertz CT molecular complexity index is 523. The molecule has 0 aliphatic rings. The van der Waals surface area contributed by atoms with Crippen LogP contribution in [0.3, 0.4) is 0 Å². The second-order valence-electron chi connectivity index (χ2n) is 3.69. The minimum absolute atomic E-state index is 0.0821. The number of anilines is 1. The second-order valence-corrected chi connectivity index (χ2v) is 5.28. The molecule has 0 radical (unpaired) electrons. The fourth-order valence-electron chi connectivity index (χ4n) is 1.45. The highest BCUT2D eigenvalue weighted by Crippen LogP contribution is 2.22. The van der Waals surface area contributed by atoms with Crippen molar-refractivity contribution in [1.29, 1.82) is 0 Å². The molecule has 2 aromatic rings. The average Bonchev–Trinajstić information content (AvgIpc) is 2.77. The van der Waals surface area contributed by atoms with Crippen LogP contribution in [-0.4, -0.2) is 10.9 Å². The minimum Gasteiger partial charge on any atom is -0.326 e. The van der Waals surface area contributed by atoms with Crippen LogP contribution in [0.4, 0.5) is 5.69 Å². The van der Waals surface area contributed by atoms with Crippen molar-refractivity contribution in [3.63, 3.8) is 0 Å². The second kappa shape index (κ2) is 6.18. The first-order valence-corrected chi connectivity index (χ1v) is 6.96. The lowest BCUT2D eigenvalue weighted by molar-refractivity contribution is -0.116. The number of carbonyl (C=O) groups is 1. The van der Waals surface area contributed by atoms with E-state index in [2.05, 4.69) is 10.3 Å².